The van der Waals surface area contributed by atoms with Gasteiger partial charge in [0, 0.05) is 24.0 Å². The molecule has 0 unspecified atom stereocenters. The number of rotatable bonds is 3. The van der Waals surface area contributed by atoms with E-state index in [9.17, 15) is 4.57 Å². The number of thioether (sulfide) groups is 2. The van der Waals surface area contributed by atoms with Gasteiger partial charge in [-0.25, -0.2) is 0 Å². The maximum absolute atomic E-state index is 12.1. The highest BCUT2D eigenvalue weighted by Crippen LogP contribution is 2.67. The Hall–Kier alpha value is 0.0700. The van der Waals surface area contributed by atoms with Gasteiger partial charge in [-0.1, -0.05) is 35.7 Å². The van der Waals surface area contributed by atoms with E-state index in [1.807, 2.05) is 24.3 Å². The lowest BCUT2D eigenvalue weighted by atomic mass is 10.4. The van der Waals surface area contributed by atoms with Gasteiger partial charge in [-0.3, -0.25) is 4.57 Å². The molecule has 15 heavy (non-hydrogen) atoms. The third-order valence-corrected chi connectivity index (χ3v) is 8.12. The second-order valence-corrected chi connectivity index (χ2v) is 8.51. The zero-order chi connectivity index (χ0) is 10.9. The molecule has 1 aromatic rings. The second kappa shape index (κ2) is 4.52. The summed E-state index contributed by atoms with van der Waals surface area (Å²) in [5.74, 6) is 0. The molecule has 0 radical (unpaired) electrons. The zero-order valence-electron chi connectivity index (χ0n) is 8.38. The van der Waals surface area contributed by atoms with E-state index >= 15 is 0 Å². The van der Waals surface area contributed by atoms with Crippen LogP contribution in [0.2, 0.25) is 0 Å². The fourth-order valence-corrected chi connectivity index (χ4v) is 6.72. The predicted octanol–water partition coefficient (Wildman–Crippen LogP) is 3.65. The van der Waals surface area contributed by atoms with E-state index < -0.39 is 7.60 Å². The van der Waals surface area contributed by atoms with E-state index in [1.54, 1.807) is 23.5 Å². The molecule has 0 spiro atoms. The van der Waals surface area contributed by atoms with E-state index in [2.05, 4.69) is 0 Å². The second-order valence-electron chi connectivity index (χ2n) is 2.89. The van der Waals surface area contributed by atoms with Gasteiger partial charge >= 0.3 is 7.60 Å². The van der Waals surface area contributed by atoms with Crippen LogP contribution in [0, 0.1) is 0 Å². The topological polar surface area (TPSA) is 35.5 Å². The fraction of sp³-hybridized carbons (Fsp3) is 0.333. The van der Waals surface area contributed by atoms with Crippen LogP contribution in [-0.2, 0) is 13.6 Å². The predicted molar refractivity (Wildman–Crippen MR) is 63.6 cm³/mol. The Morgan fingerprint density at radius 3 is 2.00 bits per heavy atom. The van der Waals surface area contributed by atoms with Gasteiger partial charge in [-0.15, -0.1) is 0 Å². The van der Waals surface area contributed by atoms with Crippen molar-refractivity contribution in [2.24, 2.45) is 0 Å². The molecule has 0 amide bonds. The van der Waals surface area contributed by atoms with Crippen LogP contribution in [0.5, 0.6) is 0 Å². The Balaban J connectivity index is 2.23. The quantitative estimate of drug-likeness (QED) is 0.777. The Morgan fingerprint density at radius 2 is 1.60 bits per heavy atom. The van der Waals surface area contributed by atoms with Crippen LogP contribution in [0.1, 0.15) is 0 Å². The molecule has 0 saturated heterocycles. The summed E-state index contributed by atoms with van der Waals surface area (Å²) >= 11 is 3.08. The number of benzene rings is 1. The summed E-state index contributed by atoms with van der Waals surface area (Å²) in [4.78, 5) is 2.28. The number of hydrogen-bond donors (Lipinski definition) is 0. The fourth-order valence-electron chi connectivity index (χ4n) is 1.26. The van der Waals surface area contributed by atoms with Crippen molar-refractivity contribution >= 4 is 31.1 Å². The molecule has 0 saturated carbocycles. The van der Waals surface area contributed by atoms with Crippen LogP contribution in [0.25, 0.3) is 0 Å². The summed E-state index contributed by atoms with van der Waals surface area (Å²) in [7, 11) is -0.136. The Labute approximate surface area is 97.5 Å². The monoisotopic (exact) mass is 262 g/mol. The molecule has 0 N–H and O–H groups in total. The van der Waals surface area contributed by atoms with Crippen LogP contribution in [-0.4, -0.2) is 18.5 Å². The standard InChI is InChI=1S/C9H11O3PS2/c1-11-13(10,12-2)9-14-7-5-3-4-6-8(7)15-9/h3-6,9H,1-2H3. The summed E-state index contributed by atoms with van der Waals surface area (Å²) in [6, 6.07) is 7.98. The van der Waals surface area contributed by atoms with E-state index in [1.165, 1.54) is 14.2 Å². The molecule has 0 atom stereocenters. The molecule has 1 aliphatic rings. The minimum absolute atomic E-state index is 0.190. The van der Waals surface area contributed by atoms with Crippen molar-refractivity contribution < 1.29 is 13.6 Å². The molecule has 0 fully saturated rings. The first-order chi connectivity index (χ1) is 7.19. The first-order valence-corrected chi connectivity index (χ1v) is 7.70. The molecule has 0 aromatic heterocycles. The third-order valence-electron chi connectivity index (χ3n) is 2.07. The molecule has 0 bridgehead atoms. The largest absolute Gasteiger partial charge is 0.353 e. The Bertz CT molecular complexity index is 377. The normalized spacial score (nSPS) is 16.7. The van der Waals surface area contributed by atoms with Gasteiger partial charge in [0.2, 0.25) is 0 Å². The lowest BCUT2D eigenvalue weighted by Crippen LogP contribution is -1.99. The SMILES string of the molecule is COP(=O)(OC)C1Sc2ccccc2S1. The van der Waals surface area contributed by atoms with Crippen molar-refractivity contribution in [3.8, 4) is 0 Å². The van der Waals surface area contributed by atoms with Crippen molar-refractivity contribution in [3.63, 3.8) is 0 Å². The minimum Gasteiger partial charge on any atom is -0.311 e. The summed E-state index contributed by atoms with van der Waals surface area (Å²) in [5, 5.41) is 0. The lowest BCUT2D eigenvalue weighted by molar-refractivity contribution is 0.279. The molecule has 1 aromatic carbocycles. The van der Waals surface area contributed by atoms with Gasteiger partial charge in [0.1, 0.15) is 0 Å². The molecule has 6 heteroatoms. The minimum atomic E-state index is -2.99. The first kappa shape index (κ1) is 11.6. The van der Waals surface area contributed by atoms with Gasteiger partial charge in [-0.2, -0.15) is 0 Å². The van der Waals surface area contributed by atoms with Crippen LogP contribution in [0.15, 0.2) is 34.1 Å². The number of hydrogen-bond acceptors (Lipinski definition) is 5. The van der Waals surface area contributed by atoms with Crippen molar-refractivity contribution in [2.75, 3.05) is 14.2 Å². The van der Waals surface area contributed by atoms with Crippen LogP contribution in [0.3, 0.4) is 0 Å². The average Bonchev–Trinajstić information content (AvgIpc) is 2.72. The van der Waals surface area contributed by atoms with Crippen LogP contribution < -0.4 is 0 Å². The summed E-state index contributed by atoms with van der Waals surface area (Å²) < 4.78 is 21.9. The number of fused-ring (bicyclic) bond motifs is 1. The van der Waals surface area contributed by atoms with E-state index in [0.29, 0.717) is 0 Å². The maximum atomic E-state index is 12.1. The van der Waals surface area contributed by atoms with Gasteiger partial charge < -0.3 is 9.05 Å². The maximum Gasteiger partial charge on any atom is 0.353 e. The molecule has 0 aliphatic carbocycles. The molecular weight excluding hydrogens is 251 g/mol. The summed E-state index contributed by atoms with van der Waals surface area (Å²) in [6.07, 6.45) is 0. The van der Waals surface area contributed by atoms with E-state index in [0.717, 1.165) is 9.79 Å². The summed E-state index contributed by atoms with van der Waals surface area (Å²) in [6.45, 7) is 0. The summed E-state index contributed by atoms with van der Waals surface area (Å²) in [5.41, 5.74) is 0. The van der Waals surface area contributed by atoms with Gasteiger partial charge in [-0.05, 0) is 12.1 Å². The van der Waals surface area contributed by atoms with Crippen molar-refractivity contribution in [3.05, 3.63) is 24.3 Å². The molecular formula is C9H11O3PS2. The van der Waals surface area contributed by atoms with Crippen molar-refractivity contribution in [1.29, 1.82) is 0 Å². The Morgan fingerprint density at radius 1 is 1.13 bits per heavy atom. The van der Waals surface area contributed by atoms with Gasteiger partial charge in [0.05, 0.1) is 0 Å². The molecule has 1 aliphatic heterocycles. The lowest BCUT2D eigenvalue weighted by Gasteiger charge is -2.18. The van der Waals surface area contributed by atoms with Gasteiger partial charge in [0.25, 0.3) is 0 Å². The van der Waals surface area contributed by atoms with Crippen molar-refractivity contribution in [1.82, 2.24) is 0 Å². The smallest absolute Gasteiger partial charge is 0.311 e. The molecule has 3 nitrogen and oxygen atoms in total. The van der Waals surface area contributed by atoms with E-state index in [-0.39, 0.29) is 4.32 Å². The first-order valence-electron chi connectivity index (χ1n) is 4.33. The van der Waals surface area contributed by atoms with Gasteiger partial charge in [0.15, 0.2) is 4.32 Å². The van der Waals surface area contributed by atoms with Crippen molar-refractivity contribution in [2.45, 2.75) is 14.1 Å². The van der Waals surface area contributed by atoms with Crippen LogP contribution >= 0.6 is 31.1 Å². The third kappa shape index (κ3) is 2.12. The molecule has 1 heterocycles. The molecule has 82 valence electrons. The Kier molecular flexibility index (Phi) is 3.48. The highest BCUT2D eigenvalue weighted by atomic mass is 32.2. The van der Waals surface area contributed by atoms with Crippen LogP contribution in [0.4, 0.5) is 0 Å². The molecule has 2 rings (SSSR count). The highest BCUT2D eigenvalue weighted by molar-refractivity contribution is 8.25. The average molecular weight is 262 g/mol. The highest BCUT2D eigenvalue weighted by Gasteiger charge is 2.40. The zero-order valence-corrected chi connectivity index (χ0v) is 10.9. The van der Waals surface area contributed by atoms with E-state index in [4.69, 9.17) is 9.05 Å².